The van der Waals surface area contributed by atoms with Crippen LogP contribution < -0.4 is 4.72 Å². The van der Waals surface area contributed by atoms with Crippen LogP contribution in [-0.4, -0.2) is 25.2 Å². The second-order valence-corrected chi connectivity index (χ2v) is 6.11. The van der Waals surface area contributed by atoms with Crippen LogP contribution in [0.4, 0.5) is 17.6 Å². The van der Waals surface area contributed by atoms with E-state index in [-0.39, 0.29) is 19.0 Å². The number of halogens is 4. The summed E-state index contributed by atoms with van der Waals surface area (Å²) in [5.41, 5.74) is -0.602. The molecule has 1 heterocycles. The zero-order valence-corrected chi connectivity index (χ0v) is 11.8. The van der Waals surface area contributed by atoms with Crippen molar-refractivity contribution in [2.24, 2.45) is 0 Å². The highest BCUT2D eigenvalue weighted by Gasteiger charge is 2.33. The van der Waals surface area contributed by atoms with E-state index < -0.39 is 32.5 Å². The van der Waals surface area contributed by atoms with Crippen molar-refractivity contribution in [1.29, 1.82) is 0 Å². The van der Waals surface area contributed by atoms with E-state index in [1.807, 2.05) is 0 Å². The second kappa shape index (κ2) is 6.05. The van der Waals surface area contributed by atoms with Gasteiger partial charge < -0.3 is 0 Å². The molecule has 2 aromatic rings. The lowest BCUT2D eigenvalue weighted by molar-refractivity contribution is -0.137. The van der Waals surface area contributed by atoms with Crippen LogP contribution >= 0.6 is 0 Å². The summed E-state index contributed by atoms with van der Waals surface area (Å²) in [6, 6.07) is 2.85. The van der Waals surface area contributed by atoms with Crippen molar-refractivity contribution in [2.75, 3.05) is 6.54 Å². The van der Waals surface area contributed by atoms with Crippen molar-refractivity contribution >= 4 is 10.0 Å². The molecular formula is C12H11F4N3O2S. The van der Waals surface area contributed by atoms with E-state index in [0.29, 0.717) is 17.8 Å². The Bertz CT molecular complexity index is 742. The molecule has 22 heavy (non-hydrogen) atoms. The van der Waals surface area contributed by atoms with Crippen molar-refractivity contribution in [3.05, 3.63) is 47.5 Å². The maximum Gasteiger partial charge on any atom is 0.416 e. The number of nitrogens with zero attached hydrogens (tertiary/aromatic N) is 1. The van der Waals surface area contributed by atoms with Crippen LogP contribution in [-0.2, 0) is 22.6 Å². The monoisotopic (exact) mass is 337 g/mol. The molecule has 0 fully saturated rings. The van der Waals surface area contributed by atoms with E-state index in [4.69, 9.17) is 0 Å². The van der Waals surface area contributed by atoms with Crippen LogP contribution in [0, 0.1) is 5.82 Å². The Morgan fingerprint density at radius 2 is 1.95 bits per heavy atom. The Kier molecular flexibility index (Phi) is 4.52. The quantitative estimate of drug-likeness (QED) is 0.821. The van der Waals surface area contributed by atoms with E-state index in [9.17, 15) is 26.0 Å². The molecule has 10 heteroatoms. The van der Waals surface area contributed by atoms with Gasteiger partial charge >= 0.3 is 6.18 Å². The molecular weight excluding hydrogens is 326 g/mol. The lowest BCUT2D eigenvalue weighted by Gasteiger charge is -2.11. The van der Waals surface area contributed by atoms with Crippen molar-refractivity contribution in [2.45, 2.75) is 17.5 Å². The standard InChI is InChI=1S/C12H11F4N3O2S/c13-10-2-1-8(12(14,15)16)7-11(10)22(20,21)18-6-4-9-3-5-17-19-9/h1-3,5,7,18H,4,6H2,(H,17,19). The average Bonchev–Trinajstić information content (AvgIpc) is 2.90. The molecule has 0 radical (unpaired) electrons. The number of benzene rings is 1. The molecule has 0 aliphatic carbocycles. The summed E-state index contributed by atoms with van der Waals surface area (Å²) in [4.78, 5) is -1.04. The minimum absolute atomic E-state index is 0.111. The van der Waals surface area contributed by atoms with Crippen LogP contribution in [0.5, 0.6) is 0 Å². The molecule has 5 nitrogen and oxygen atoms in total. The van der Waals surface area contributed by atoms with Gasteiger partial charge in [0.1, 0.15) is 10.7 Å². The van der Waals surface area contributed by atoms with Gasteiger partial charge in [0.25, 0.3) is 0 Å². The van der Waals surface area contributed by atoms with E-state index in [0.717, 1.165) is 0 Å². The highest BCUT2D eigenvalue weighted by Crippen LogP contribution is 2.31. The summed E-state index contributed by atoms with van der Waals surface area (Å²) in [5, 5.41) is 6.26. The van der Waals surface area contributed by atoms with Gasteiger partial charge in [-0.1, -0.05) is 0 Å². The SMILES string of the molecule is O=S(=O)(NCCc1ccn[nH]1)c1cc(C(F)(F)F)ccc1F. The van der Waals surface area contributed by atoms with Gasteiger partial charge in [-0.2, -0.15) is 18.3 Å². The number of sulfonamides is 1. The zero-order valence-electron chi connectivity index (χ0n) is 11.0. The Balaban J connectivity index is 2.18. The number of alkyl halides is 3. The topological polar surface area (TPSA) is 74.8 Å². The smallest absolute Gasteiger partial charge is 0.283 e. The third-order valence-corrected chi connectivity index (χ3v) is 4.27. The van der Waals surface area contributed by atoms with E-state index >= 15 is 0 Å². The molecule has 0 aliphatic rings. The Labute approximate surface area is 123 Å². The van der Waals surface area contributed by atoms with Crippen LogP contribution in [0.3, 0.4) is 0 Å². The van der Waals surface area contributed by atoms with Gasteiger partial charge in [-0.05, 0) is 24.3 Å². The van der Waals surface area contributed by atoms with Crippen molar-refractivity contribution in [3.8, 4) is 0 Å². The lowest BCUT2D eigenvalue weighted by Crippen LogP contribution is -2.27. The molecule has 0 saturated heterocycles. The Morgan fingerprint density at radius 3 is 2.55 bits per heavy atom. The van der Waals surface area contributed by atoms with Gasteiger partial charge in [-0.3, -0.25) is 5.10 Å². The van der Waals surface area contributed by atoms with Crippen LogP contribution in [0.2, 0.25) is 0 Å². The zero-order chi connectivity index (χ0) is 16.4. The van der Waals surface area contributed by atoms with Crippen molar-refractivity contribution in [3.63, 3.8) is 0 Å². The number of hydrogen-bond donors (Lipinski definition) is 2. The second-order valence-electron chi connectivity index (χ2n) is 4.37. The van der Waals surface area contributed by atoms with Crippen LogP contribution in [0.1, 0.15) is 11.3 Å². The fourth-order valence-corrected chi connectivity index (χ4v) is 2.84. The summed E-state index contributed by atoms with van der Waals surface area (Å²) >= 11 is 0. The molecule has 2 rings (SSSR count). The maximum absolute atomic E-state index is 13.6. The highest BCUT2D eigenvalue weighted by atomic mass is 32.2. The maximum atomic E-state index is 13.6. The molecule has 0 spiro atoms. The van der Waals surface area contributed by atoms with E-state index in [1.54, 1.807) is 6.07 Å². The fourth-order valence-electron chi connectivity index (χ4n) is 1.71. The Morgan fingerprint density at radius 1 is 1.23 bits per heavy atom. The van der Waals surface area contributed by atoms with Gasteiger partial charge in [0.2, 0.25) is 10.0 Å². The first-order valence-corrected chi connectivity index (χ1v) is 7.53. The minimum Gasteiger partial charge on any atom is -0.283 e. The lowest BCUT2D eigenvalue weighted by atomic mass is 10.2. The van der Waals surface area contributed by atoms with Crippen molar-refractivity contribution < 1.29 is 26.0 Å². The number of hydrogen-bond acceptors (Lipinski definition) is 3. The molecule has 0 atom stereocenters. The normalized spacial score (nSPS) is 12.5. The van der Waals surface area contributed by atoms with Crippen LogP contribution in [0.25, 0.3) is 0 Å². The third-order valence-electron chi connectivity index (χ3n) is 2.79. The molecule has 0 amide bonds. The predicted octanol–water partition coefficient (Wildman–Crippen LogP) is 2.09. The summed E-state index contributed by atoms with van der Waals surface area (Å²) < 4.78 is 77.2. The number of nitrogens with one attached hydrogen (secondary N) is 2. The van der Waals surface area contributed by atoms with Gasteiger partial charge in [0.05, 0.1) is 5.56 Å². The highest BCUT2D eigenvalue weighted by molar-refractivity contribution is 7.89. The molecule has 0 unspecified atom stereocenters. The van der Waals surface area contributed by atoms with Gasteiger partial charge in [-0.15, -0.1) is 0 Å². The molecule has 0 bridgehead atoms. The molecule has 1 aromatic heterocycles. The summed E-state index contributed by atoms with van der Waals surface area (Å²) in [5.74, 6) is -1.25. The van der Waals surface area contributed by atoms with E-state index in [2.05, 4.69) is 14.9 Å². The van der Waals surface area contributed by atoms with Gasteiger partial charge in [0, 0.05) is 24.9 Å². The molecule has 1 aromatic carbocycles. The number of aromatic amines is 1. The largest absolute Gasteiger partial charge is 0.416 e. The molecule has 120 valence electrons. The summed E-state index contributed by atoms with van der Waals surface area (Å²) in [7, 11) is -4.39. The van der Waals surface area contributed by atoms with Gasteiger partial charge in [-0.25, -0.2) is 17.5 Å². The minimum atomic E-state index is -4.76. The van der Waals surface area contributed by atoms with Crippen molar-refractivity contribution in [1.82, 2.24) is 14.9 Å². The first-order chi connectivity index (χ1) is 10.2. The molecule has 2 N–H and O–H groups in total. The number of rotatable bonds is 5. The van der Waals surface area contributed by atoms with Crippen LogP contribution in [0.15, 0.2) is 35.4 Å². The van der Waals surface area contributed by atoms with E-state index in [1.165, 1.54) is 6.20 Å². The first kappa shape index (κ1) is 16.4. The summed E-state index contributed by atoms with van der Waals surface area (Å²) in [6.07, 6.45) is -3.05. The molecule has 0 saturated carbocycles. The van der Waals surface area contributed by atoms with Gasteiger partial charge in [0.15, 0.2) is 0 Å². The molecule has 0 aliphatic heterocycles. The average molecular weight is 337 g/mol. The fraction of sp³-hybridized carbons (Fsp3) is 0.250. The third kappa shape index (κ3) is 3.83. The summed E-state index contributed by atoms with van der Waals surface area (Å²) in [6.45, 7) is -0.111. The number of H-pyrrole nitrogens is 1. The predicted molar refractivity (Wildman–Crippen MR) is 68.9 cm³/mol. The Hall–Kier alpha value is -1.94. The first-order valence-electron chi connectivity index (χ1n) is 6.05. The number of aromatic nitrogens is 2.